The summed E-state index contributed by atoms with van der Waals surface area (Å²) in [4.78, 5) is 0. The molecule has 19 heavy (non-hydrogen) atoms. The molecule has 1 aromatic rings. The van der Waals surface area contributed by atoms with Crippen LogP contribution in [0.5, 0.6) is 0 Å². The number of benzene rings is 1. The van der Waals surface area contributed by atoms with Gasteiger partial charge in [-0.2, -0.15) is 0 Å². The van der Waals surface area contributed by atoms with Gasteiger partial charge in [-0.3, -0.25) is 0 Å². The minimum atomic E-state index is -0.666. The first-order valence-electron chi connectivity index (χ1n) is 6.46. The quantitative estimate of drug-likeness (QED) is 0.872. The average molecular weight is 266 g/mol. The normalized spacial score (nSPS) is 38.7. The summed E-state index contributed by atoms with van der Waals surface area (Å²) in [5.41, 5.74) is 0.976. The third-order valence-electron chi connectivity index (χ3n) is 3.53. The summed E-state index contributed by atoms with van der Waals surface area (Å²) < 4.78 is 22.2. The van der Waals surface area contributed by atoms with Crippen LogP contribution in [0.2, 0.25) is 0 Å². The Morgan fingerprint density at radius 2 is 1.95 bits per heavy atom. The fraction of sp³-hybridized carbons (Fsp3) is 0.571. The Bertz CT molecular complexity index is 410. The lowest BCUT2D eigenvalue weighted by atomic mass is 10.0. The molecular formula is C14H18O5. The molecule has 5 heteroatoms. The summed E-state index contributed by atoms with van der Waals surface area (Å²) in [5.74, 6) is 0. The van der Waals surface area contributed by atoms with Gasteiger partial charge in [0.05, 0.1) is 12.7 Å². The fourth-order valence-electron chi connectivity index (χ4n) is 2.52. The molecule has 2 aliphatic rings. The molecule has 3 rings (SSSR count). The van der Waals surface area contributed by atoms with Crippen LogP contribution in [0, 0.1) is 0 Å². The first-order valence-corrected chi connectivity index (χ1v) is 6.46. The van der Waals surface area contributed by atoms with Crippen molar-refractivity contribution in [1.29, 1.82) is 0 Å². The van der Waals surface area contributed by atoms with Gasteiger partial charge >= 0.3 is 0 Å². The van der Waals surface area contributed by atoms with E-state index in [-0.39, 0.29) is 12.2 Å². The van der Waals surface area contributed by atoms with Crippen molar-refractivity contribution in [1.82, 2.24) is 0 Å². The number of hydrogen-bond donors (Lipinski definition) is 1. The molecule has 104 valence electrons. The van der Waals surface area contributed by atoms with E-state index in [1.807, 2.05) is 30.3 Å². The van der Waals surface area contributed by atoms with Crippen LogP contribution in [0.4, 0.5) is 0 Å². The van der Waals surface area contributed by atoms with Crippen molar-refractivity contribution in [3.8, 4) is 0 Å². The zero-order valence-electron chi connectivity index (χ0n) is 10.8. The van der Waals surface area contributed by atoms with Gasteiger partial charge in [0, 0.05) is 19.1 Å². The zero-order chi connectivity index (χ0) is 13.2. The second-order valence-electron chi connectivity index (χ2n) is 4.83. The van der Waals surface area contributed by atoms with Gasteiger partial charge in [0.2, 0.25) is 0 Å². The van der Waals surface area contributed by atoms with Gasteiger partial charge in [0.25, 0.3) is 0 Å². The Hall–Kier alpha value is -0.980. The first-order chi connectivity index (χ1) is 9.28. The highest BCUT2D eigenvalue weighted by molar-refractivity contribution is 5.16. The van der Waals surface area contributed by atoms with Crippen LogP contribution in [0.3, 0.4) is 0 Å². The van der Waals surface area contributed by atoms with Crippen LogP contribution in [-0.4, -0.2) is 43.4 Å². The highest BCUT2D eigenvalue weighted by atomic mass is 16.7. The van der Waals surface area contributed by atoms with Crippen LogP contribution in [0.15, 0.2) is 30.3 Å². The maximum Gasteiger partial charge on any atom is 0.184 e. The van der Waals surface area contributed by atoms with Gasteiger partial charge in [0.1, 0.15) is 12.2 Å². The van der Waals surface area contributed by atoms with Crippen molar-refractivity contribution in [2.45, 2.75) is 37.3 Å². The third kappa shape index (κ3) is 2.66. The lowest BCUT2D eigenvalue weighted by molar-refractivity contribution is -0.333. The number of ether oxygens (including phenoxy) is 4. The van der Waals surface area contributed by atoms with E-state index in [2.05, 4.69) is 0 Å². The monoisotopic (exact) mass is 266 g/mol. The van der Waals surface area contributed by atoms with Crippen LogP contribution in [0.25, 0.3) is 0 Å². The summed E-state index contributed by atoms with van der Waals surface area (Å²) >= 11 is 0. The molecule has 0 bridgehead atoms. The van der Waals surface area contributed by atoms with Crippen molar-refractivity contribution >= 4 is 0 Å². The third-order valence-corrected chi connectivity index (χ3v) is 3.53. The Morgan fingerprint density at radius 3 is 2.68 bits per heavy atom. The van der Waals surface area contributed by atoms with Crippen LogP contribution in [-0.2, 0) is 18.9 Å². The van der Waals surface area contributed by atoms with E-state index in [0.29, 0.717) is 13.0 Å². The minimum Gasteiger partial charge on any atom is -0.388 e. The molecule has 2 heterocycles. The molecule has 0 spiro atoms. The molecule has 5 nitrogen and oxygen atoms in total. The predicted octanol–water partition coefficient (Wildman–Crippen LogP) is 1.22. The van der Waals surface area contributed by atoms with Crippen molar-refractivity contribution in [3.05, 3.63) is 35.9 Å². The lowest BCUT2D eigenvalue weighted by Crippen LogP contribution is -2.53. The number of aliphatic hydroxyl groups is 1. The van der Waals surface area contributed by atoms with Gasteiger partial charge in [-0.1, -0.05) is 30.3 Å². The number of fused-ring (bicyclic) bond motifs is 1. The van der Waals surface area contributed by atoms with Crippen LogP contribution < -0.4 is 0 Å². The lowest BCUT2D eigenvalue weighted by Gasteiger charge is -2.43. The molecule has 0 radical (unpaired) electrons. The van der Waals surface area contributed by atoms with E-state index in [1.165, 1.54) is 7.11 Å². The van der Waals surface area contributed by atoms with E-state index in [9.17, 15) is 5.11 Å². The highest BCUT2D eigenvalue weighted by Crippen LogP contribution is 2.33. The van der Waals surface area contributed by atoms with Gasteiger partial charge in [-0.25, -0.2) is 0 Å². The van der Waals surface area contributed by atoms with E-state index in [0.717, 1.165) is 5.56 Å². The number of methoxy groups -OCH3 is 1. The molecule has 5 atom stereocenters. The molecule has 0 amide bonds. The number of aliphatic hydroxyl groups excluding tert-OH is 1. The largest absolute Gasteiger partial charge is 0.388 e. The van der Waals surface area contributed by atoms with Crippen LogP contribution >= 0.6 is 0 Å². The summed E-state index contributed by atoms with van der Waals surface area (Å²) in [6.07, 6.45) is -1.51. The van der Waals surface area contributed by atoms with E-state index in [1.54, 1.807) is 0 Å². The minimum absolute atomic E-state index is 0.166. The van der Waals surface area contributed by atoms with Gasteiger partial charge in [-0.15, -0.1) is 0 Å². The summed E-state index contributed by atoms with van der Waals surface area (Å²) in [7, 11) is 1.52. The molecular weight excluding hydrogens is 248 g/mol. The predicted molar refractivity (Wildman–Crippen MR) is 66.3 cm³/mol. The van der Waals surface area contributed by atoms with Crippen LogP contribution in [0.1, 0.15) is 18.3 Å². The van der Waals surface area contributed by atoms with Crippen molar-refractivity contribution in [3.63, 3.8) is 0 Å². The van der Waals surface area contributed by atoms with Crippen molar-refractivity contribution in [2.24, 2.45) is 0 Å². The highest BCUT2D eigenvalue weighted by Gasteiger charge is 2.42. The van der Waals surface area contributed by atoms with E-state index >= 15 is 0 Å². The Balaban J connectivity index is 1.68. The molecule has 2 saturated heterocycles. The average Bonchev–Trinajstić information content (AvgIpc) is 2.47. The molecule has 0 aliphatic carbocycles. The molecule has 1 N–H and O–H groups in total. The molecule has 0 saturated carbocycles. The number of hydrogen-bond acceptors (Lipinski definition) is 5. The van der Waals surface area contributed by atoms with Crippen molar-refractivity contribution in [2.75, 3.05) is 13.7 Å². The zero-order valence-corrected chi connectivity index (χ0v) is 10.8. The van der Waals surface area contributed by atoms with Gasteiger partial charge < -0.3 is 24.1 Å². The second-order valence-corrected chi connectivity index (χ2v) is 4.83. The van der Waals surface area contributed by atoms with Crippen molar-refractivity contribution < 1.29 is 24.1 Å². The van der Waals surface area contributed by atoms with Gasteiger partial charge in [0.15, 0.2) is 12.6 Å². The molecule has 0 aromatic heterocycles. The standard InChI is InChI=1S/C14H18O5/c1-16-14-10(15)7-11-12(19-14)8-17-13(18-11)9-5-3-2-4-6-9/h2-6,10-15H,7-8H2,1H3/t10-,11-,12+,13+,14-/m0/s1. The second kappa shape index (κ2) is 5.56. The SMILES string of the molecule is CO[C@H]1O[C@@H]2CO[C@@H](c3ccccc3)O[C@H]2C[C@@H]1O. The number of rotatable bonds is 2. The maximum atomic E-state index is 9.89. The topological polar surface area (TPSA) is 57.2 Å². The molecule has 1 aromatic carbocycles. The molecule has 2 aliphatic heterocycles. The smallest absolute Gasteiger partial charge is 0.184 e. The first kappa shape index (κ1) is 13.0. The summed E-state index contributed by atoms with van der Waals surface area (Å²) in [6.45, 7) is 0.441. The Morgan fingerprint density at radius 1 is 1.16 bits per heavy atom. The van der Waals surface area contributed by atoms with E-state index < -0.39 is 18.7 Å². The maximum absolute atomic E-state index is 9.89. The van der Waals surface area contributed by atoms with Gasteiger partial charge in [-0.05, 0) is 0 Å². The fourth-order valence-corrected chi connectivity index (χ4v) is 2.52. The summed E-state index contributed by atoms with van der Waals surface area (Å²) in [5, 5.41) is 9.89. The molecule has 0 unspecified atom stereocenters. The molecule has 2 fully saturated rings. The Labute approximate surface area is 112 Å². The summed E-state index contributed by atoms with van der Waals surface area (Å²) in [6, 6.07) is 9.76. The Kier molecular flexibility index (Phi) is 3.81. The van der Waals surface area contributed by atoms with E-state index in [4.69, 9.17) is 18.9 Å².